The molecule has 0 saturated heterocycles. The number of hydrogen-bond donors (Lipinski definition) is 0. The topological polar surface area (TPSA) is 14.7 Å². The summed E-state index contributed by atoms with van der Waals surface area (Å²) in [6, 6.07) is 83.7. The zero-order valence-corrected chi connectivity index (χ0v) is 52.7. The van der Waals surface area contributed by atoms with Crippen molar-refractivity contribution in [3.05, 3.63) is 246 Å². The maximum Gasteiger partial charge on any atom is 0.252 e. The van der Waals surface area contributed by atoms with E-state index < -0.39 is 0 Å². The molecule has 5 heteroatoms. The van der Waals surface area contributed by atoms with Crippen molar-refractivity contribution in [3.63, 3.8) is 0 Å². The summed E-state index contributed by atoms with van der Waals surface area (Å²) in [5.74, 6) is 0. The van der Waals surface area contributed by atoms with Crippen LogP contribution >= 0.6 is 0 Å². The lowest BCUT2D eigenvalue weighted by Gasteiger charge is -2.45. The molecule has 10 aromatic carbocycles. The third-order valence-corrected chi connectivity index (χ3v) is 18.1. The van der Waals surface area contributed by atoms with Crippen molar-refractivity contribution in [1.82, 2.24) is 4.57 Å². The zero-order chi connectivity index (χ0) is 59.7. The molecule has 0 aliphatic carbocycles. The largest absolute Gasteiger partial charge is 0.311 e. The molecule has 0 atom stereocenters. The molecule has 0 N–H and O–H groups in total. The van der Waals surface area contributed by atoms with Gasteiger partial charge in [0.1, 0.15) is 0 Å². The molecule has 2 aliphatic heterocycles. The van der Waals surface area contributed by atoms with Crippen LogP contribution in [0.25, 0.3) is 38.6 Å². The van der Waals surface area contributed by atoms with Crippen molar-refractivity contribution >= 4 is 96.1 Å². The standard InChI is InChI=1S/C80H81BN4/c1-76(2,3)53-30-36-59(37-31-53)84-71-47-56(79(10,11)12)34-43-66(71)81-67-44-41-62(51-72(67)85(60-38-32-54(33-39-60)77(4,5)6)74-49-57(80(13,14)15)48-73(84)75(74)81)82(69-45-35-55(78(7,8)9)46-65(69)52-24-18-16-19-25-52)61-40-42-64-63-28-22-23-29-68(63)83(70(64)50-61)58-26-20-17-21-27-58/h16-51H,1-15H3. The van der Waals surface area contributed by atoms with Crippen LogP contribution in [0, 0.1) is 0 Å². The second-order valence-electron chi connectivity index (χ2n) is 29.2. The van der Waals surface area contributed by atoms with Crippen LogP contribution in [0.5, 0.6) is 0 Å². The van der Waals surface area contributed by atoms with Crippen LogP contribution in [0.4, 0.5) is 51.2 Å². The molecule has 424 valence electrons. The molecule has 0 amide bonds. The van der Waals surface area contributed by atoms with Gasteiger partial charge in [-0.3, -0.25) is 0 Å². The monoisotopic (exact) mass is 1110 g/mol. The Balaban J connectivity index is 1.13. The van der Waals surface area contributed by atoms with E-state index in [2.05, 4.69) is 342 Å². The van der Waals surface area contributed by atoms with E-state index >= 15 is 0 Å². The Labute approximate surface area is 506 Å². The van der Waals surface area contributed by atoms with Crippen molar-refractivity contribution in [1.29, 1.82) is 0 Å². The van der Waals surface area contributed by atoms with Crippen LogP contribution in [0.1, 0.15) is 132 Å². The Morgan fingerprint density at radius 1 is 0.318 bits per heavy atom. The van der Waals surface area contributed by atoms with E-state index in [-0.39, 0.29) is 33.8 Å². The highest BCUT2D eigenvalue weighted by Gasteiger charge is 2.45. The van der Waals surface area contributed by atoms with Gasteiger partial charge in [0.15, 0.2) is 0 Å². The van der Waals surface area contributed by atoms with Crippen molar-refractivity contribution in [3.8, 4) is 16.8 Å². The van der Waals surface area contributed by atoms with Gasteiger partial charge in [0.2, 0.25) is 0 Å². The normalized spacial score (nSPS) is 13.5. The minimum atomic E-state index is -0.176. The van der Waals surface area contributed by atoms with Crippen LogP contribution in [0.15, 0.2) is 218 Å². The predicted molar refractivity (Wildman–Crippen MR) is 368 cm³/mol. The number of anilines is 9. The number of para-hydroxylation sites is 2. The Morgan fingerprint density at radius 3 is 1.32 bits per heavy atom. The van der Waals surface area contributed by atoms with Gasteiger partial charge in [0, 0.05) is 67.5 Å². The molecule has 0 radical (unpaired) electrons. The van der Waals surface area contributed by atoms with E-state index in [0.29, 0.717) is 0 Å². The smallest absolute Gasteiger partial charge is 0.252 e. The maximum absolute atomic E-state index is 2.61. The molecule has 85 heavy (non-hydrogen) atoms. The summed E-state index contributed by atoms with van der Waals surface area (Å²) in [6.45, 7) is 34.9. The fourth-order valence-electron chi connectivity index (χ4n) is 13.2. The number of fused-ring (bicyclic) bond motifs is 7. The van der Waals surface area contributed by atoms with Gasteiger partial charge in [-0.25, -0.2) is 0 Å². The summed E-state index contributed by atoms with van der Waals surface area (Å²) in [6.07, 6.45) is 0. The third kappa shape index (κ3) is 9.74. The SMILES string of the molecule is CC(C)(C)c1ccc(N2c3cc(N(c4ccc5c6ccccc6n(-c6ccccc6)c5c4)c4ccc(C(C)(C)C)cc4-c4ccccc4)ccc3B3c4ccc(C(C)(C)C)cc4N(c4ccc(C(C)(C)C)cc4)c4cc(C(C)(C)C)cc2c43)cc1. The fraction of sp³-hybridized carbons (Fsp3) is 0.250. The zero-order valence-electron chi connectivity index (χ0n) is 52.7. The van der Waals surface area contributed by atoms with Crippen molar-refractivity contribution in [2.45, 2.75) is 131 Å². The first kappa shape index (κ1) is 55.6. The molecule has 0 fully saturated rings. The lowest BCUT2D eigenvalue weighted by atomic mass is 9.33. The van der Waals surface area contributed by atoms with E-state index in [4.69, 9.17) is 0 Å². The molecular weight excluding hydrogens is 1030 g/mol. The van der Waals surface area contributed by atoms with Crippen LogP contribution < -0.4 is 31.1 Å². The molecule has 13 rings (SSSR count). The van der Waals surface area contributed by atoms with E-state index in [1.165, 1.54) is 100 Å². The molecule has 3 heterocycles. The van der Waals surface area contributed by atoms with Gasteiger partial charge >= 0.3 is 0 Å². The molecule has 0 unspecified atom stereocenters. The lowest BCUT2D eigenvalue weighted by molar-refractivity contribution is 0.589. The Morgan fingerprint density at radius 2 is 0.753 bits per heavy atom. The summed E-state index contributed by atoms with van der Waals surface area (Å²) < 4.78 is 2.44. The summed E-state index contributed by atoms with van der Waals surface area (Å²) >= 11 is 0. The second-order valence-corrected chi connectivity index (χ2v) is 29.2. The second kappa shape index (κ2) is 20.1. The summed E-state index contributed by atoms with van der Waals surface area (Å²) in [4.78, 5) is 7.75. The molecule has 11 aromatic rings. The number of hydrogen-bond acceptors (Lipinski definition) is 3. The van der Waals surface area contributed by atoms with Crippen molar-refractivity contribution in [2.24, 2.45) is 0 Å². The quantitative estimate of drug-likeness (QED) is 0.148. The first-order valence-corrected chi connectivity index (χ1v) is 30.7. The van der Waals surface area contributed by atoms with E-state index in [1.54, 1.807) is 0 Å². The van der Waals surface area contributed by atoms with Gasteiger partial charge in [-0.05, 0) is 174 Å². The predicted octanol–water partition coefficient (Wildman–Crippen LogP) is 20.5. The van der Waals surface area contributed by atoms with E-state index in [0.717, 1.165) is 34.0 Å². The molecule has 1 aromatic heterocycles. The lowest BCUT2D eigenvalue weighted by Crippen LogP contribution is -2.61. The van der Waals surface area contributed by atoms with Crippen molar-refractivity contribution < 1.29 is 0 Å². The highest BCUT2D eigenvalue weighted by Crippen LogP contribution is 2.51. The first-order chi connectivity index (χ1) is 40.3. The highest BCUT2D eigenvalue weighted by molar-refractivity contribution is 7.00. The number of rotatable bonds is 7. The molecule has 0 bridgehead atoms. The summed E-state index contributed by atoms with van der Waals surface area (Å²) in [5.41, 5.74) is 26.3. The third-order valence-electron chi connectivity index (χ3n) is 18.1. The average molecular weight is 1110 g/mol. The maximum atomic E-state index is 2.61. The first-order valence-electron chi connectivity index (χ1n) is 30.7. The van der Waals surface area contributed by atoms with Crippen LogP contribution in [0.2, 0.25) is 0 Å². The van der Waals surface area contributed by atoms with Crippen molar-refractivity contribution in [2.75, 3.05) is 14.7 Å². The average Bonchev–Trinajstić information content (AvgIpc) is 1.17. The van der Waals surface area contributed by atoms with E-state index in [9.17, 15) is 0 Å². The van der Waals surface area contributed by atoms with Gasteiger partial charge in [0.25, 0.3) is 6.71 Å². The Hall–Kier alpha value is -8.54. The molecular formula is C80H81BN4. The van der Waals surface area contributed by atoms with Gasteiger partial charge < -0.3 is 19.3 Å². The highest BCUT2D eigenvalue weighted by atomic mass is 15.2. The van der Waals surface area contributed by atoms with Crippen LogP contribution in [-0.4, -0.2) is 11.3 Å². The molecule has 0 saturated carbocycles. The number of nitrogens with zero attached hydrogens (tertiary/aromatic N) is 4. The molecule has 2 aliphatic rings. The van der Waals surface area contributed by atoms with Gasteiger partial charge in [0.05, 0.1) is 16.7 Å². The molecule has 0 spiro atoms. The Bertz CT molecular complexity index is 4360. The minimum absolute atomic E-state index is 0.0171. The van der Waals surface area contributed by atoms with Crippen LogP contribution in [0.3, 0.4) is 0 Å². The number of aromatic nitrogens is 1. The summed E-state index contributed by atoms with van der Waals surface area (Å²) in [5, 5.41) is 2.45. The van der Waals surface area contributed by atoms with E-state index in [1.807, 2.05) is 0 Å². The summed E-state index contributed by atoms with van der Waals surface area (Å²) in [7, 11) is 0. The van der Waals surface area contributed by atoms with Gasteiger partial charge in [-0.1, -0.05) is 225 Å². The van der Waals surface area contributed by atoms with Gasteiger partial charge in [-0.2, -0.15) is 0 Å². The minimum Gasteiger partial charge on any atom is -0.311 e. The fourth-order valence-corrected chi connectivity index (χ4v) is 13.2. The number of benzene rings is 10. The molecule has 4 nitrogen and oxygen atoms in total. The Kier molecular flexibility index (Phi) is 13.1. The van der Waals surface area contributed by atoms with Crippen LogP contribution in [-0.2, 0) is 27.1 Å². The van der Waals surface area contributed by atoms with Gasteiger partial charge in [-0.15, -0.1) is 0 Å².